The van der Waals surface area contributed by atoms with Gasteiger partial charge in [-0.2, -0.15) is 0 Å². The summed E-state index contributed by atoms with van der Waals surface area (Å²) in [6.07, 6.45) is 2.30. The van der Waals surface area contributed by atoms with Crippen LogP contribution in [0.25, 0.3) is 0 Å². The van der Waals surface area contributed by atoms with Crippen LogP contribution in [0.4, 0.5) is 0 Å². The minimum Gasteiger partial charge on any atom is -0.313 e. The fourth-order valence-electron chi connectivity index (χ4n) is 2.96. The van der Waals surface area contributed by atoms with Gasteiger partial charge in [-0.3, -0.25) is 0 Å². The Labute approximate surface area is 135 Å². The molecule has 0 radical (unpaired) electrons. The van der Waals surface area contributed by atoms with E-state index in [1.807, 2.05) is 18.2 Å². The standard InChI is InChI=1S/C17H19NO2S2/c1-22(19,20)21-15-7-8-16-14(11-15)12-18-10-9-17(16)13-5-3-2-4-6-13/h2-8,11,17-18H,9-10,12H2,1H3. The SMILES string of the molecule is CS(=O)(=O)Sc1ccc2c(c1)CNCCC2c1ccccc1. The van der Waals surface area contributed by atoms with Crippen molar-refractivity contribution < 1.29 is 8.42 Å². The van der Waals surface area contributed by atoms with Crippen molar-refractivity contribution in [3.8, 4) is 0 Å². The van der Waals surface area contributed by atoms with Crippen molar-refractivity contribution in [1.82, 2.24) is 5.32 Å². The highest BCUT2D eigenvalue weighted by Crippen LogP contribution is 2.35. The zero-order valence-corrected chi connectivity index (χ0v) is 14.1. The van der Waals surface area contributed by atoms with Gasteiger partial charge in [0.2, 0.25) is 8.87 Å². The van der Waals surface area contributed by atoms with Gasteiger partial charge in [0.25, 0.3) is 0 Å². The van der Waals surface area contributed by atoms with E-state index in [0.717, 1.165) is 35.2 Å². The second-order valence-corrected chi connectivity index (χ2v) is 9.94. The number of hydrogen-bond donors (Lipinski definition) is 1. The first-order valence-corrected chi connectivity index (χ1v) is 10.5. The maximum absolute atomic E-state index is 11.5. The van der Waals surface area contributed by atoms with Gasteiger partial charge in [0.1, 0.15) is 0 Å². The Bertz CT molecular complexity index is 757. The molecule has 0 saturated heterocycles. The Hall–Kier alpha value is -1.30. The maximum atomic E-state index is 11.5. The minimum absolute atomic E-state index is 0.364. The van der Waals surface area contributed by atoms with Gasteiger partial charge >= 0.3 is 0 Å². The van der Waals surface area contributed by atoms with Crippen LogP contribution in [0.2, 0.25) is 0 Å². The van der Waals surface area contributed by atoms with Crippen LogP contribution >= 0.6 is 10.8 Å². The van der Waals surface area contributed by atoms with E-state index >= 15 is 0 Å². The summed E-state index contributed by atoms with van der Waals surface area (Å²) in [5.74, 6) is 0.364. The molecule has 1 aliphatic rings. The fraction of sp³-hybridized carbons (Fsp3) is 0.294. The summed E-state index contributed by atoms with van der Waals surface area (Å²) in [6.45, 7) is 1.75. The largest absolute Gasteiger partial charge is 0.313 e. The molecular formula is C17H19NO2S2. The molecule has 3 nitrogen and oxygen atoms in total. The summed E-state index contributed by atoms with van der Waals surface area (Å²) >= 11 is 0. The normalized spacial score (nSPS) is 18.5. The predicted molar refractivity (Wildman–Crippen MR) is 91.8 cm³/mol. The Morgan fingerprint density at radius 3 is 2.64 bits per heavy atom. The van der Waals surface area contributed by atoms with Crippen molar-refractivity contribution in [3.63, 3.8) is 0 Å². The third-order valence-electron chi connectivity index (χ3n) is 3.86. The third-order valence-corrected chi connectivity index (χ3v) is 6.10. The number of fused-ring (bicyclic) bond motifs is 1. The molecule has 116 valence electrons. The van der Waals surface area contributed by atoms with Crippen LogP contribution in [0.3, 0.4) is 0 Å². The Morgan fingerprint density at radius 2 is 1.91 bits per heavy atom. The number of nitrogens with one attached hydrogen (secondary N) is 1. The molecule has 0 bridgehead atoms. The van der Waals surface area contributed by atoms with Gasteiger partial charge in [-0.15, -0.1) is 0 Å². The molecule has 1 atom stereocenters. The van der Waals surface area contributed by atoms with Gasteiger partial charge in [0.15, 0.2) is 0 Å². The Kier molecular flexibility index (Phi) is 4.57. The summed E-state index contributed by atoms with van der Waals surface area (Å²) in [6, 6.07) is 16.5. The highest BCUT2D eigenvalue weighted by Gasteiger charge is 2.20. The molecule has 1 heterocycles. The lowest BCUT2D eigenvalue weighted by Crippen LogP contribution is -2.12. The molecule has 0 aromatic heterocycles. The molecule has 22 heavy (non-hydrogen) atoms. The van der Waals surface area contributed by atoms with Gasteiger partial charge < -0.3 is 5.32 Å². The molecule has 0 saturated carbocycles. The van der Waals surface area contributed by atoms with E-state index in [1.165, 1.54) is 22.9 Å². The van der Waals surface area contributed by atoms with Gasteiger partial charge in [-0.1, -0.05) is 36.4 Å². The third kappa shape index (κ3) is 3.72. The van der Waals surface area contributed by atoms with Gasteiger partial charge in [-0.05, 0) is 41.8 Å². The molecule has 2 aromatic carbocycles. The van der Waals surface area contributed by atoms with Crippen LogP contribution in [-0.4, -0.2) is 21.2 Å². The molecule has 3 rings (SSSR count). The average Bonchev–Trinajstić information content (AvgIpc) is 2.68. The Morgan fingerprint density at radius 1 is 1.14 bits per heavy atom. The molecule has 0 fully saturated rings. The van der Waals surface area contributed by atoms with Crippen molar-refractivity contribution in [2.24, 2.45) is 0 Å². The molecular weight excluding hydrogens is 314 g/mol. The topological polar surface area (TPSA) is 46.2 Å². The van der Waals surface area contributed by atoms with Crippen LogP contribution in [0.15, 0.2) is 53.4 Å². The predicted octanol–water partition coefficient (Wildman–Crippen LogP) is 3.36. The summed E-state index contributed by atoms with van der Waals surface area (Å²) in [5, 5.41) is 3.43. The second kappa shape index (κ2) is 6.44. The lowest BCUT2D eigenvalue weighted by Gasteiger charge is -2.18. The first-order valence-electron chi connectivity index (χ1n) is 7.31. The van der Waals surface area contributed by atoms with Crippen molar-refractivity contribution in [1.29, 1.82) is 0 Å². The van der Waals surface area contributed by atoms with Crippen LogP contribution in [0, 0.1) is 0 Å². The van der Waals surface area contributed by atoms with Gasteiger partial charge in [-0.25, -0.2) is 8.42 Å². The molecule has 1 aliphatic heterocycles. The van der Waals surface area contributed by atoms with Crippen molar-refractivity contribution in [2.75, 3.05) is 12.8 Å². The van der Waals surface area contributed by atoms with E-state index in [2.05, 4.69) is 35.6 Å². The lowest BCUT2D eigenvalue weighted by atomic mass is 9.87. The summed E-state index contributed by atoms with van der Waals surface area (Å²) in [5.41, 5.74) is 3.81. The van der Waals surface area contributed by atoms with Crippen molar-refractivity contribution in [3.05, 3.63) is 65.2 Å². The zero-order valence-electron chi connectivity index (χ0n) is 12.5. The van der Waals surface area contributed by atoms with Gasteiger partial charge in [0.05, 0.1) is 0 Å². The van der Waals surface area contributed by atoms with Crippen LogP contribution < -0.4 is 5.32 Å². The van der Waals surface area contributed by atoms with Crippen molar-refractivity contribution in [2.45, 2.75) is 23.8 Å². The second-order valence-electron chi connectivity index (χ2n) is 5.58. The van der Waals surface area contributed by atoms with E-state index in [4.69, 9.17) is 0 Å². The fourth-order valence-corrected chi connectivity index (χ4v) is 4.98. The maximum Gasteiger partial charge on any atom is 0.203 e. The smallest absolute Gasteiger partial charge is 0.203 e. The highest BCUT2D eigenvalue weighted by molar-refractivity contribution is 8.71. The van der Waals surface area contributed by atoms with E-state index in [1.54, 1.807) is 0 Å². The molecule has 0 amide bonds. The number of hydrogen-bond acceptors (Lipinski definition) is 4. The zero-order chi connectivity index (χ0) is 15.6. The average molecular weight is 333 g/mol. The minimum atomic E-state index is -3.08. The number of benzene rings is 2. The lowest BCUT2D eigenvalue weighted by molar-refractivity contribution is 0.615. The first kappa shape index (κ1) is 15.6. The van der Waals surface area contributed by atoms with Crippen LogP contribution in [0.1, 0.15) is 29.0 Å². The highest BCUT2D eigenvalue weighted by atomic mass is 33.1. The Balaban J connectivity index is 1.99. The summed E-state index contributed by atoms with van der Waals surface area (Å²) in [4.78, 5) is 0.789. The van der Waals surface area contributed by atoms with Crippen LogP contribution in [-0.2, 0) is 15.4 Å². The number of rotatable bonds is 3. The molecule has 2 aromatic rings. The molecule has 1 unspecified atom stereocenters. The van der Waals surface area contributed by atoms with E-state index in [-0.39, 0.29) is 0 Å². The summed E-state index contributed by atoms with van der Waals surface area (Å²) in [7, 11) is -2.16. The van der Waals surface area contributed by atoms with E-state index in [9.17, 15) is 8.42 Å². The monoisotopic (exact) mass is 333 g/mol. The first-order chi connectivity index (χ1) is 10.5. The quantitative estimate of drug-likeness (QED) is 0.875. The molecule has 0 spiro atoms. The van der Waals surface area contributed by atoms with E-state index < -0.39 is 8.87 Å². The molecule has 1 N–H and O–H groups in total. The molecule has 0 aliphatic carbocycles. The van der Waals surface area contributed by atoms with Gasteiger partial charge in [0, 0.05) is 34.4 Å². The van der Waals surface area contributed by atoms with E-state index in [0.29, 0.717) is 5.92 Å². The van der Waals surface area contributed by atoms with Crippen LogP contribution in [0.5, 0.6) is 0 Å². The molecule has 5 heteroatoms. The summed E-state index contributed by atoms with van der Waals surface area (Å²) < 4.78 is 22.9. The van der Waals surface area contributed by atoms with Crippen molar-refractivity contribution >= 4 is 19.7 Å².